The molecule has 2 aliphatic carbocycles. The molecule has 79 heavy (non-hydrogen) atoms. The van der Waals surface area contributed by atoms with Crippen LogP contribution in [-0.4, -0.2) is 71.0 Å². The number of fused-ring (bicyclic) bond motifs is 6. The number of carbonyl (C=O) groups excluding carboxylic acids is 4. The van der Waals surface area contributed by atoms with Gasteiger partial charge in [-0.15, -0.1) is 0 Å². The highest BCUT2D eigenvalue weighted by atomic mass is 35.5. The summed E-state index contributed by atoms with van der Waals surface area (Å²) in [6, 6.07) is 29.5. The van der Waals surface area contributed by atoms with Gasteiger partial charge in [-0.05, 0) is 149 Å². The molecule has 0 fully saturated rings. The molecule has 0 saturated carbocycles. The van der Waals surface area contributed by atoms with Crippen molar-refractivity contribution in [3.63, 3.8) is 0 Å². The maximum atomic E-state index is 13.2. The van der Waals surface area contributed by atoms with E-state index in [0.29, 0.717) is 24.0 Å². The van der Waals surface area contributed by atoms with Crippen molar-refractivity contribution in [2.45, 2.75) is 215 Å². The number of Topliss-reactive ketones (excluding diaryl/α,β-unsaturated/α-hetero) is 2. The first-order valence-electron chi connectivity index (χ1n) is 29.8. The summed E-state index contributed by atoms with van der Waals surface area (Å²) in [4.78, 5) is 55.2. The first kappa shape index (κ1) is 70.0. The molecule has 2 aliphatic rings. The first-order chi connectivity index (χ1) is 38.1. The SMILES string of the molecule is CCCCC1(CCCC)c2ccccc2-c2ccc(C(=O)/C(C)=N\O)cc21.CCCCCC(=O)Cl.CCCCCC(=O)O/N=C(/C)C(=O)c1ccc2c(c1)C(CCCC)(CCCC)c1ccccc1-2.CCN(CC)CC.CN=P. The number of halogens is 1. The largest absolute Gasteiger partial charge is 0.411 e. The van der Waals surface area contributed by atoms with E-state index in [2.05, 4.69) is 164 Å². The number of unbranched alkanes of at least 4 members (excludes halogenated alkanes) is 8. The first-order valence-corrected chi connectivity index (χ1v) is 30.6. The Labute approximate surface area is 484 Å². The lowest BCUT2D eigenvalue weighted by atomic mass is 9.70. The Bertz CT molecular complexity index is 2550. The molecule has 0 heterocycles. The van der Waals surface area contributed by atoms with Gasteiger partial charge in [-0.3, -0.25) is 19.1 Å². The fourth-order valence-corrected chi connectivity index (χ4v) is 10.9. The third kappa shape index (κ3) is 20.4. The van der Waals surface area contributed by atoms with Gasteiger partial charge in [0.05, 0.1) is 0 Å². The van der Waals surface area contributed by atoms with Crippen LogP contribution in [0.5, 0.6) is 0 Å². The predicted octanol–water partition coefficient (Wildman–Crippen LogP) is 19.0. The summed E-state index contributed by atoms with van der Waals surface area (Å²) in [6.45, 7) is 26.4. The molecule has 12 heteroatoms. The summed E-state index contributed by atoms with van der Waals surface area (Å²) in [5, 5.41) is 15.8. The fraction of sp³-hybridized carbons (Fsp3) is 0.552. The second-order valence-electron chi connectivity index (χ2n) is 20.8. The molecule has 4 aromatic rings. The van der Waals surface area contributed by atoms with Crippen LogP contribution in [0.25, 0.3) is 22.3 Å². The van der Waals surface area contributed by atoms with Crippen LogP contribution in [0.15, 0.2) is 100.0 Å². The zero-order valence-electron chi connectivity index (χ0n) is 50.5. The summed E-state index contributed by atoms with van der Waals surface area (Å²) in [6.07, 6.45) is 20.4. The smallest absolute Gasteiger partial charge is 0.335 e. The van der Waals surface area contributed by atoms with E-state index in [4.69, 9.17) is 21.6 Å². The number of rotatable bonds is 28. The molecular weight excluding hydrogens is 1020 g/mol. The molecule has 0 saturated heterocycles. The van der Waals surface area contributed by atoms with Crippen LogP contribution in [0.1, 0.15) is 248 Å². The van der Waals surface area contributed by atoms with Crippen molar-refractivity contribution in [1.29, 1.82) is 0 Å². The molecule has 0 amide bonds. The van der Waals surface area contributed by atoms with Crippen molar-refractivity contribution < 1.29 is 29.2 Å². The van der Waals surface area contributed by atoms with Crippen molar-refractivity contribution in [2.75, 3.05) is 26.7 Å². The Morgan fingerprint density at radius 2 is 0.873 bits per heavy atom. The highest BCUT2D eigenvalue weighted by Crippen LogP contribution is 2.55. The lowest BCUT2D eigenvalue weighted by Gasteiger charge is -2.32. The number of oxime groups is 2. The molecule has 0 unspecified atom stereocenters. The quantitative estimate of drug-likeness (QED) is 0.00873. The van der Waals surface area contributed by atoms with E-state index in [1.165, 1.54) is 64.1 Å². The van der Waals surface area contributed by atoms with Crippen LogP contribution < -0.4 is 0 Å². The van der Waals surface area contributed by atoms with Crippen molar-refractivity contribution in [1.82, 2.24) is 4.90 Å². The number of hydrogen-bond donors (Lipinski definition) is 1. The number of carbonyl (C=O) groups is 4. The van der Waals surface area contributed by atoms with Gasteiger partial charge in [0.15, 0.2) is 0 Å². The second-order valence-corrected chi connectivity index (χ2v) is 21.7. The average Bonchev–Trinajstić information content (AvgIpc) is 3.96. The van der Waals surface area contributed by atoms with Crippen LogP contribution in [-0.2, 0) is 25.3 Å². The summed E-state index contributed by atoms with van der Waals surface area (Å²) in [5.74, 6) is -0.792. The van der Waals surface area contributed by atoms with E-state index in [9.17, 15) is 19.2 Å². The van der Waals surface area contributed by atoms with Crippen LogP contribution in [0, 0.1) is 0 Å². The molecule has 1 N–H and O–H groups in total. The van der Waals surface area contributed by atoms with E-state index in [1.807, 2.05) is 12.1 Å². The Morgan fingerprint density at radius 1 is 0.519 bits per heavy atom. The summed E-state index contributed by atoms with van der Waals surface area (Å²) in [7, 11) is 4.47. The van der Waals surface area contributed by atoms with Gasteiger partial charge in [0, 0.05) is 41.8 Å². The molecular formula is C67H98ClN4O6P. The molecule has 10 nitrogen and oxygen atoms in total. The molecule has 4 aromatic carbocycles. The Morgan fingerprint density at radius 3 is 1.22 bits per heavy atom. The molecule has 0 bridgehead atoms. The monoisotopic (exact) mass is 1120 g/mol. The van der Waals surface area contributed by atoms with E-state index in [-0.39, 0.29) is 45.0 Å². The second kappa shape index (κ2) is 38.5. The van der Waals surface area contributed by atoms with Crippen LogP contribution in [0.2, 0.25) is 0 Å². The van der Waals surface area contributed by atoms with Gasteiger partial charge in [0.2, 0.25) is 16.8 Å². The third-order valence-corrected chi connectivity index (χ3v) is 15.5. The van der Waals surface area contributed by atoms with Crippen molar-refractivity contribution in [2.24, 2.45) is 15.1 Å². The van der Waals surface area contributed by atoms with Gasteiger partial charge in [-0.25, -0.2) is 4.79 Å². The highest BCUT2D eigenvalue weighted by Gasteiger charge is 2.43. The maximum absolute atomic E-state index is 13.2. The van der Waals surface area contributed by atoms with Crippen molar-refractivity contribution in [3.05, 3.63) is 118 Å². The topological polar surface area (TPSA) is 138 Å². The van der Waals surface area contributed by atoms with Crippen LogP contribution >= 0.6 is 20.6 Å². The van der Waals surface area contributed by atoms with Crippen LogP contribution in [0.3, 0.4) is 0 Å². The van der Waals surface area contributed by atoms with Gasteiger partial charge >= 0.3 is 5.97 Å². The van der Waals surface area contributed by atoms with E-state index >= 15 is 0 Å². The van der Waals surface area contributed by atoms with E-state index in [0.717, 1.165) is 116 Å². The van der Waals surface area contributed by atoms with E-state index < -0.39 is 0 Å². The number of ketones is 2. The molecule has 434 valence electrons. The minimum absolute atomic E-state index is 0.0293. The van der Waals surface area contributed by atoms with E-state index in [1.54, 1.807) is 20.9 Å². The van der Waals surface area contributed by atoms with Gasteiger partial charge in [0.25, 0.3) is 0 Å². The minimum Gasteiger partial charge on any atom is -0.411 e. The Hall–Kier alpha value is -5.15. The Balaban J connectivity index is 0.000000418. The lowest BCUT2D eigenvalue weighted by Crippen LogP contribution is -2.26. The van der Waals surface area contributed by atoms with Gasteiger partial charge in [0.1, 0.15) is 11.4 Å². The van der Waals surface area contributed by atoms with Gasteiger partial charge < -0.3 is 14.9 Å². The normalized spacial score (nSPS) is 13.0. The number of benzene rings is 4. The highest BCUT2D eigenvalue weighted by molar-refractivity contribution is 7.03. The summed E-state index contributed by atoms with van der Waals surface area (Å²) in [5.41, 5.74) is 11.8. The average molecular weight is 1120 g/mol. The number of nitrogens with zero attached hydrogens (tertiary/aromatic N) is 4. The van der Waals surface area contributed by atoms with Gasteiger partial charge in [-0.2, -0.15) is 0 Å². The predicted molar refractivity (Wildman–Crippen MR) is 335 cm³/mol. The summed E-state index contributed by atoms with van der Waals surface area (Å²) < 4.78 is 3.31. The lowest BCUT2D eigenvalue weighted by molar-refractivity contribution is -0.143. The van der Waals surface area contributed by atoms with Gasteiger partial charge in [-0.1, -0.05) is 222 Å². The molecule has 6 rings (SSSR count). The molecule has 0 radical (unpaired) electrons. The fourth-order valence-electron chi connectivity index (χ4n) is 10.8. The zero-order chi connectivity index (χ0) is 58.8. The molecule has 0 aromatic heterocycles. The molecule has 0 atom stereocenters. The minimum atomic E-state index is -0.386. The number of hydrogen-bond acceptors (Lipinski definition) is 10. The van der Waals surface area contributed by atoms with Crippen molar-refractivity contribution >= 4 is 54.8 Å². The zero-order valence-corrected chi connectivity index (χ0v) is 52.3. The summed E-state index contributed by atoms with van der Waals surface area (Å²) >= 11 is 5.07. The van der Waals surface area contributed by atoms with Crippen LogP contribution in [0.4, 0.5) is 0 Å². The maximum Gasteiger partial charge on any atom is 0.335 e. The molecule has 0 aliphatic heterocycles. The van der Waals surface area contributed by atoms with Crippen molar-refractivity contribution in [3.8, 4) is 22.3 Å². The molecule has 0 spiro atoms. The Kier molecular flexibility index (Phi) is 34.1. The third-order valence-electron chi connectivity index (χ3n) is 15.3. The standard InChI is InChI=1S/C30H39NO3.C24H29NO2.C6H11ClO.C6H15N.CH4NP/c1-5-8-11-16-28(32)34-31-22(4)29(33)23-17-18-25-24-14-12-13-15-26(24)30(19-9-6-2,20-10-7-3)27(25)21-23;1-4-6-14-24(15-7-5-2)21-11-9-8-10-19(21)20-13-12-18(16-22(20)24)23(26)17(3)25-27;1-2-3-4-5-6(7)8;1-4-7(5-2)6-3;1-2-3/h12-15,17-18,21H,5-11,16,19-20H2,1-4H3;8-13,16,27H,4-7,14-15H2,1-3H3;2-5H2,1H3;4-6H2,1-3H3;3H,1H3/b31-22-;25-17-;;;.